The number of anilines is 1. The molecule has 0 radical (unpaired) electrons. The topological polar surface area (TPSA) is 59.3 Å². The number of hydrogen-bond acceptors (Lipinski definition) is 4. The molecule has 0 bridgehead atoms. The van der Waals surface area contributed by atoms with Crippen molar-refractivity contribution in [3.63, 3.8) is 0 Å². The molecule has 10 heteroatoms. The normalized spacial score (nSPS) is 13.0. The molecule has 0 fully saturated rings. The Labute approximate surface area is 197 Å². The van der Waals surface area contributed by atoms with E-state index in [1.165, 1.54) is 11.8 Å². The van der Waals surface area contributed by atoms with Crippen molar-refractivity contribution in [2.75, 3.05) is 5.32 Å². The van der Waals surface area contributed by atoms with Crippen LogP contribution in [-0.2, 0) is 11.0 Å². The highest BCUT2D eigenvalue weighted by Gasteiger charge is 2.31. The first-order valence-electron chi connectivity index (χ1n) is 10.1. The maximum absolute atomic E-state index is 13.0. The van der Waals surface area contributed by atoms with E-state index >= 15 is 0 Å². The summed E-state index contributed by atoms with van der Waals surface area (Å²) in [6.07, 6.45) is -4.54. The molecule has 1 atom stereocenters. The summed E-state index contributed by atoms with van der Waals surface area (Å²) >= 11 is 7.18. The summed E-state index contributed by atoms with van der Waals surface area (Å²) in [4.78, 5) is 12.8. The summed E-state index contributed by atoms with van der Waals surface area (Å²) in [7, 11) is 0. The van der Waals surface area contributed by atoms with Crippen LogP contribution < -0.4 is 5.32 Å². The van der Waals surface area contributed by atoms with Gasteiger partial charge in [0.05, 0.1) is 27.0 Å². The van der Waals surface area contributed by atoms with Gasteiger partial charge in [-0.3, -0.25) is 9.20 Å². The molecule has 4 aromatic rings. The van der Waals surface area contributed by atoms with E-state index in [1.54, 1.807) is 6.92 Å². The fourth-order valence-electron chi connectivity index (χ4n) is 3.73. The van der Waals surface area contributed by atoms with Gasteiger partial charge in [-0.2, -0.15) is 13.2 Å². The molecule has 1 unspecified atom stereocenters. The fraction of sp³-hybridized carbons (Fsp3) is 0.261. The minimum Gasteiger partial charge on any atom is -0.324 e. The minimum absolute atomic E-state index is 0.0222. The lowest BCUT2D eigenvalue weighted by Crippen LogP contribution is -2.23. The number of halogens is 4. The van der Waals surface area contributed by atoms with E-state index in [-0.39, 0.29) is 10.7 Å². The fourth-order valence-corrected chi connectivity index (χ4v) is 4.76. The van der Waals surface area contributed by atoms with E-state index < -0.39 is 22.9 Å². The Morgan fingerprint density at radius 1 is 1.09 bits per heavy atom. The second-order valence-corrected chi connectivity index (χ2v) is 9.64. The molecule has 0 aliphatic carbocycles. The van der Waals surface area contributed by atoms with Gasteiger partial charge in [0.15, 0.2) is 10.8 Å². The summed E-state index contributed by atoms with van der Waals surface area (Å²) < 4.78 is 41.0. The van der Waals surface area contributed by atoms with Gasteiger partial charge in [0, 0.05) is 5.39 Å². The van der Waals surface area contributed by atoms with Gasteiger partial charge in [0.1, 0.15) is 0 Å². The van der Waals surface area contributed by atoms with Crippen LogP contribution in [0.1, 0.15) is 29.2 Å². The largest absolute Gasteiger partial charge is 0.416 e. The van der Waals surface area contributed by atoms with Gasteiger partial charge < -0.3 is 5.32 Å². The monoisotopic (exact) mass is 492 g/mol. The molecule has 0 saturated carbocycles. The van der Waals surface area contributed by atoms with Gasteiger partial charge in [-0.05, 0) is 69.2 Å². The smallest absolute Gasteiger partial charge is 0.324 e. The molecule has 0 aliphatic heterocycles. The standard InChI is InChI=1S/C23H20ClF3N4OS/c1-11-7-13(3)20-16(8-11)12(2)9-19-29-30-22(31(19)20)33-14(4)21(32)28-18-10-15(23(25,26)27)5-6-17(18)24/h5-10,14H,1-4H3,(H,28,32). The lowest BCUT2D eigenvalue weighted by Gasteiger charge is -2.15. The number of fused-ring (bicyclic) bond motifs is 3. The number of carbonyl (C=O) groups is 1. The lowest BCUT2D eigenvalue weighted by molar-refractivity contribution is -0.137. The highest BCUT2D eigenvalue weighted by Crippen LogP contribution is 2.35. The zero-order valence-corrected chi connectivity index (χ0v) is 19.8. The van der Waals surface area contributed by atoms with E-state index in [9.17, 15) is 18.0 Å². The number of amides is 1. The summed E-state index contributed by atoms with van der Waals surface area (Å²) in [6, 6.07) is 8.91. The maximum Gasteiger partial charge on any atom is 0.416 e. The van der Waals surface area contributed by atoms with Crippen LogP contribution in [0.15, 0.2) is 41.6 Å². The van der Waals surface area contributed by atoms with E-state index in [2.05, 4.69) is 27.6 Å². The van der Waals surface area contributed by atoms with Gasteiger partial charge in [-0.25, -0.2) is 0 Å². The Balaban J connectivity index is 1.66. The number of thioether (sulfide) groups is 1. The van der Waals surface area contributed by atoms with Crippen LogP contribution >= 0.6 is 23.4 Å². The molecular weight excluding hydrogens is 473 g/mol. The van der Waals surface area contributed by atoms with Crippen LogP contribution in [0, 0.1) is 20.8 Å². The van der Waals surface area contributed by atoms with Crippen molar-refractivity contribution in [2.45, 2.75) is 44.3 Å². The first kappa shape index (κ1) is 23.4. The zero-order chi connectivity index (χ0) is 24.1. The Morgan fingerprint density at radius 3 is 2.52 bits per heavy atom. The van der Waals surface area contributed by atoms with Gasteiger partial charge in [-0.1, -0.05) is 35.0 Å². The van der Waals surface area contributed by atoms with Crippen molar-refractivity contribution in [1.82, 2.24) is 14.6 Å². The van der Waals surface area contributed by atoms with E-state index in [4.69, 9.17) is 11.6 Å². The molecule has 1 N–H and O–H groups in total. The number of nitrogens with zero attached hydrogens (tertiary/aromatic N) is 3. The van der Waals surface area contributed by atoms with Gasteiger partial charge in [0.25, 0.3) is 0 Å². The maximum atomic E-state index is 13.0. The third-order valence-corrected chi connectivity index (χ3v) is 6.67. The van der Waals surface area contributed by atoms with Crippen LogP contribution in [0.25, 0.3) is 16.6 Å². The lowest BCUT2D eigenvalue weighted by atomic mass is 10.0. The Morgan fingerprint density at radius 2 is 1.82 bits per heavy atom. The molecular formula is C23H20ClF3N4OS. The molecule has 172 valence electrons. The van der Waals surface area contributed by atoms with Crippen molar-refractivity contribution in [1.29, 1.82) is 0 Å². The number of nitrogens with one attached hydrogen (secondary N) is 1. The highest BCUT2D eigenvalue weighted by atomic mass is 35.5. The Kier molecular flexibility index (Phi) is 6.05. The molecule has 2 aromatic heterocycles. The number of carbonyl (C=O) groups excluding carboxylic acids is 1. The van der Waals surface area contributed by atoms with Crippen LogP contribution in [-0.4, -0.2) is 25.8 Å². The van der Waals surface area contributed by atoms with Crippen LogP contribution in [0.2, 0.25) is 5.02 Å². The number of aromatic nitrogens is 3. The van der Waals surface area contributed by atoms with Crippen molar-refractivity contribution >= 4 is 51.5 Å². The first-order valence-corrected chi connectivity index (χ1v) is 11.3. The molecule has 5 nitrogen and oxygen atoms in total. The van der Waals surface area contributed by atoms with Crippen molar-refractivity contribution < 1.29 is 18.0 Å². The SMILES string of the molecule is Cc1cc(C)c2c(c1)c(C)cc1nnc(SC(C)C(=O)Nc3cc(C(F)(F)F)ccc3Cl)n12. The average Bonchev–Trinajstić information content (AvgIpc) is 3.10. The predicted molar refractivity (Wildman–Crippen MR) is 125 cm³/mol. The second-order valence-electron chi connectivity index (χ2n) is 7.92. The van der Waals surface area contributed by atoms with E-state index in [0.717, 1.165) is 45.8 Å². The van der Waals surface area contributed by atoms with Crippen LogP contribution in [0.5, 0.6) is 0 Å². The number of aryl methyl sites for hydroxylation is 3. The number of alkyl halides is 3. The van der Waals surface area contributed by atoms with E-state index in [0.29, 0.717) is 10.8 Å². The summed E-state index contributed by atoms with van der Waals surface area (Å²) in [5, 5.41) is 11.9. The zero-order valence-electron chi connectivity index (χ0n) is 18.2. The first-order chi connectivity index (χ1) is 15.5. The third kappa shape index (κ3) is 4.52. The van der Waals surface area contributed by atoms with Gasteiger partial charge in [-0.15, -0.1) is 10.2 Å². The third-order valence-electron chi connectivity index (χ3n) is 5.30. The molecule has 4 rings (SSSR count). The predicted octanol–water partition coefficient (Wildman–Crippen LogP) is 6.60. The second kappa shape index (κ2) is 8.53. The van der Waals surface area contributed by atoms with Gasteiger partial charge in [0.2, 0.25) is 5.91 Å². The number of hydrogen-bond donors (Lipinski definition) is 1. The van der Waals surface area contributed by atoms with Crippen LogP contribution in [0.3, 0.4) is 0 Å². The molecule has 1 amide bonds. The number of rotatable bonds is 4. The number of benzene rings is 2. The minimum atomic E-state index is -4.54. The summed E-state index contributed by atoms with van der Waals surface area (Å²) in [5.41, 5.74) is 3.88. The Hall–Kier alpha value is -2.78. The summed E-state index contributed by atoms with van der Waals surface area (Å²) in [5.74, 6) is -0.498. The van der Waals surface area contributed by atoms with Crippen LogP contribution in [0.4, 0.5) is 18.9 Å². The van der Waals surface area contributed by atoms with Crippen molar-refractivity contribution in [2.24, 2.45) is 0 Å². The quantitative estimate of drug-likeness (QED) is 0.326. The Bertz CT molecular complexity index is 1400. The summed E-state index contributed by atoms with van der Waals surface area (Å²) in [6.45, 7) is 7.70. The van der Waals surface area contributed by atoms with E-state index in [1.807, 2.05) is 31.2 Å². The molecule has 33 heavy (non-hydrogen) atoms. The average molecular weight is 493 g/mol. The van der Waals surface area contributed by atoms with Gasteiger partial charge >= 0.3 is 6.18 Å². The van der Waals surface area contributed by atoms with Crippen molar-refractivity contribution in [3.05, 3.63) is 63.7 Å². The van der Waals surface area contributed by atoms with Crippen molar-refractivity contribution in [3.8, 4) is 0 Å². The molecule has 0 saturated heterocycles. The molecule has 2 heterocycles. The molecule has 2 aromatic carbocycles. The molecule has 0 spiro atoms. The number of pyridine rings is 1. The molecule has 0 aliphatic rings. The highest BCUT2D eigenvalue weighted by molar-refractivity contribution is 8.00.